The summed E-state index contributed by atoms with van der Waals surface area (Å²) in [6.45, 7) is 10.7. The smallest absolute Gasteiger partial charge is 0.358 e. The fourth-order valence-electron chi connectivity index (χ4n) is 3.90. The molecule has 0 saturated carbocycles. The number of hydrogen-bond donors (Lipinski definition) is 0. The maximum atomic E-state index is 14.9. The molecular weight excluding hydrogens is 409 g/mol. The first-order valence-corrected chi connectivity index (χ1v) is 13.9. The van der Waals surface area contributed by atoms with Crippen LogP contribution >= 0.6 is 0 Å². The minimum Gasteiger partial charge on any atom is -0.461 e. The zero-order valence-corrected chi connectivity index (χ0v) is 19.4. The Labute approximate surface area is 182 Å². The molecule has 1 atom stereocenters. The van der Waals surface area contributed by atoms with Gasteiger partial charge in [-0.1, -0.05) is 49.1 Å². The molecule has 0 radical (unpaired) electrons. The minimum atomic E-state index is -1.63. The average Bonchev–Trinajstić information content (AvgIpc) is 3.12. The topological polar surface area (TPSA) is 56.5 Å². The van der Waals surface area contributed by atoms with E-state index in [-0.39, 0.29) is 18.1 Å². The highest BCUT2D eigenvalue weighted by molar-refractivity contribution is 6.88. The van der Waals surface area contributed by atoms with Crippen LogP contribution in [0.25, 0.3) is 5.69 Å². The van der Waals surface area contributed by atoms with Crippen molar-refractivity contribution in [3.63, 3.8) is 0 Å². The predicted octanol–water partition coefficient (Wildman–Crippen LogP) is 4.65. The lowest BCUT2D eigenvalue weighted by Crippen LogP contribution is -2.38. The second kappa shape index (κ2) is 7.89. The highest BCUT2D eigenvalue weighted by Crippen LogP contribution is 2.33. The molecule has 160 valence electrons. The van der Waals surface area contributed by atoms with Crippen molar-refractivity contribution in [1.29, 1.82) is 0 Å². The standard InChI is InChI=1S/C24H26FN3O2Si/c1-6-30-24(29)22-23-15(2)27-21(17-9-7-8-10-19(17)25)18-13-16(31(3,4)5)11-12-20(18)28(23)14-26-22/h7-15H,6H2,1-5H3/t15-/m1/s1. The second-order valence-electron chi connectivity index (χ2n) is 8.68. The van der Waals surface area contributed by atoms with Gasteiger partial charge in [0.25, 0.3) is 0 Å². The van der Waals surface area contributed by atoms with Crippen molar-refractivity contribution in [3.8, 4) is 5.69 Å². The molecule has 0 saturated heterocycles. The minimum absolute atomic E-state index is 0.244. The van der Waals surface area contributed by atoms with Crippen molar-refractivity contribution in [3.05, 3.63) is 77.1 Å². The molecule has 3 aromatic rings. The third kappa shape index (κ3) is 3.74. The fourth-order valence-corrected chi connectivity index (χ4v) is 5.06. The van der Waals surface area contributed by atoms with Crippen LogP contribution in [-0.2, 0) is 4.74 Å². The van der Waals surface area contributed by atoms with Crippen molar-refractivity contribution >= 4 is 24.9 Å². The third-order valence-electron chi connectivity index (χ3n) is 5.50. The molecule has 1 aromatic heterocycles. The molecule has 0 unspecified atom stereocenters. The fraction of sp³-hybridized carbons (Fsp3) is 0.292. The van der Waals surface area contributed by atoms with Gasteiger partial charge in [-0.25, -0.2) is 14.2 Å². The summed E-state index contributed by atoms with van der Waals surface area (Å²) < 4.78 is 22.0. The van der Waals surface area contributed by atoms with Crippen LogP contribution in [0, 0.1) is 5.82 Å². The van der Waals surface area contributed by atoms with E-state index >= 15 is 0 Å². The number of hydrogen-bond acceptors (Lipinski definition) is 4. The number of rotatable bonds is 4. The number of carbonyl (C=O) groups is 1. The molecular formula is C24H26FN3O2Si. The van der Waals surface area contributed by atoms with Crippen LogP contribution in [0.5, 0.6) is 0 Å². The molecule has 0 spiro atoms. The highest BCUT2D eigenvalue weighted by Gasteiger charge is 2.30. The monoisotopic (exact) mass is 435 g/mol. The van der Waals surface area contributed by atoms with Crippen molar-refractivity contribution in [2.24, 2.45) is 4.99 Å². The van der Waals surface area contributed by atoms with Crippen molar-refractivity contribution < 1.29 is 13.9 Å². The largest absolute Gasteiger partial charge is 0.461 e. The maximum Gasteiger partial charge on any atom is 0.358 e. The second-order valence-corrected chi connectivity index (χ2v) is 13.8. The number of nitrogens with zero attached hydrogens (tertiary/aromatic N) is 3. The molecule has 0 amide bonds. The van der Waals surface area contributed by atoms with Crippen LogP contribution in [0.4, 0.5) is 4.39 Å². The Morgan fingerprint density at radius 3 is 2.58 bits per heavy atom. The normalized spacial score (nSPS) is 15.5. The van der Waals surface area contributed by atoms with Crippen LogP contribution in [0.2, 0.25) is 19.6 Å². The van der Waals surface area contributed by atoms with E-state index in [2.05, 4.69) is 36.8 Å². The molecule has 5 nitrogen and oxygen atoms in total. The summed E-state index contributed by atoms with van der Waals surface area (Å²) in [6, 6.07) is 12.5. The number of ether oxygens (including phenoxy) is 1. The summed E-state index contributed by atoms with van der Waals surface area (Å²) in [4.78, 5) is 21.8. The van der Waals surface area contributed by atoms with Gasteiger partial charge in [-0.3, -0.25) is 9.56 Å². The summed E-state index contributed by atoms with van der Waals surface area (Å²) in [7, 11) is -1.63. The molecule has 0 fully saturated rings. The number of halogens is 1. The van der Waals surface area contributed by atoms with Crippen molar-refractivity contribution in [2.45, 2.75) is 39.5 Å². The molecule has 31 heavy (non-hydrogen) atoms. The molecule has 4 rings (SSSR count). The molecule has 1 aliphatic rings. The molecule has 0 bridgehead atoms. The van der Waals surface area contributed by atoms with Crippen molar-refractivity contribution in [2.75, 3.05) is 6.61 Å². The van der Waals surface area contributed by atoms with Gasteiger partial charge in [-0.15, -0.1) is 0 Å². The van der Waals surface area contributed by atoms with Gasteiger partial charge in [-0.05, 0) is 32.0 Å². The number of fused-ring (bicyclic) bond motifs is 3. The summed E-state index contributed by atoms with van der Waals surface area (Å²) >= 11 is 0. The Kier molecular flexibility index (Phi) is 5.39. The summed E-state index contributed by atoms with van der Waals surface area (Å²) in [5, 5.41) is 1.25. The first kappa shape index (κ1) is 21.2. The zero-order valence-electron chi connectivity index (χ0n) is 18.4. The van der Waals surface area contributed by atoms with Crippen LogP contribution in [-0.4, -0.2) is 35.9 Å². The average molecular weight is 436 g/mol. The van der Waals surface area contributed by atoms with E-state index in [0.717, 1.165) is 11.3 Å². The van der Waals surface area contributed by atoms with Gasteiger partial charge in [0.1, 0.15) is 12.1 Å². The third-order valence-corrected chi connectivity index (χ3v) is 7.54. The number of esters is 1. The Morgan fingerprint density at radius 2 is 1.90 bits per heavy atom. The molecule has 2 aromatic carbocycles. The Balaban J connectivity index is 2.02. The quantitative estimate of drug-likeness (QED) is 0.443. The van der Waals surface area contributed by atoms with Crippen molar-refractivity contribution in [1.82, 2.24) is 9.55 Å². The zero-order chi connectivity index (χ0) is 22.3. The Bertz CT molecular complexity index is 1190. The van der Waals surface area contributed by atoms with Gasteiger partial charge in [-0.2, -0.15) is 0 Å². The lowest BCUT2D eigenvalue weighted by Gasteiger charge is -2.20. The molecule has 2 heterocycles. The van der Waals surface area contributed by atoms with E-state index < -0.39 is 20.1 Å². The summed E-state index contributed by atoms with van der Waals surface area (Å²) in [5.41, 5.74) is 3.58. The maximum absolute atomic E-state index is 14.9. The molecule has 0 aliphatic carbocycles. The molecule has 7 heteroatoms. The SMILES string of the molecule is CCOC(=O)c1ncn2c1[C@@H](C)N=C(c1ccccc1F)c1cc([Si](C)(C)C)ccc1-2. The Morgan fingerprint density at radius 1 is 1.16 bits per heavy atom. The van der Waals surface area contributed by atoms with Crippen LogP contribution in [0.1, 0.15) is 47.2 Å². The number of carbonyl (C=O) groups excluding carboxylic acids is 1. The van der Waals surface area contributed by atoms with E-state index in [1.165, 1.54) is 11.3 Å². The van der Waals surface area contributed by atoms with Gasteiger partial charge in [0, 0.05) is 11.1 Å². The van der Waals surface area contributed by atoms with Gasteiger partial charge in [0.05, 0.1) is 37.8 Å². The van der Waals surface area contributed by atoms with Gasteiger partial charge in [0.15, 0.2) is 5.69 Å². The van der Waals surface area contributed by atoms with Gasteiger partial charge >= 0.3 is 5.97 Å². The predicted molar refractivity (Wildman–Crippen MR) is 123 cm³/mol. The summed E-state index contributed by atoms with van der Waals surface area (Å²) in [6.07, 6.45) is 1.63. The number of aliphatic imine (C=N–C) groups is 1. The van der Waals surface area contributed by atoms with E-state index in [9.17, 15) is 9.18 Å². The summed E-state index contributed by atoms with van der Waals surface area (Å²) in [5.74, 6) is -0.805. The van der Waals surface area contributed by atoms with Gasteiger partial charge < -0.3 is 4.74 Å². The Hall–Kier alpha value is -3.06. The van der Waals surface area contributed by atoms with E-state index in [1.54, 1.807) is 25.4 Å². The van der Waals surface area contributed by atoms with Crippen LogP contribution in [0.15, 0.2) is 53.8 Å². The first-order valence-electron chi connectivity index (χ1n) is 10.4. The number of aromatic nitrogens is 2. The number of benzene rings is 2. The molecule has 1 aliphatic heterocycles. The number of imidazole rings is 1. The first-order chi connectivity index (χ1) is 14.7. The van der Waals surface area contributed by atoms with Crippen LogP contribution in [0.3, 0.4) is 0 Å². The molecule has 0 N–H and O–H groups in total. The van der Waals surface area contributed by atoms with E-state index in [4.69, 9.17) is 9.73 Å². The lowest BCUT2D eigenvalue weighted by atomic mass is 10.00. The highest BCUT2D eigenvalue weighted by atomic mass is 28.3. The lowest BCUT2D eigenvalue weighted by molar-refractivity contribution is 0.0518. The van der Waals surface area contributed by atoms with E-state index in [1.807, 2.05) is 23.6 Å². The van der Waals surface area contributed by atoms with E-state index in [0.29, 0.717) is 17.0 Å². The van der Waals surface area contributed by atoms with Gasteiger partial charge in [0.2, 0.25) is 0 Å². The van der Waals surface area contributed by atoms with Crippen LogP contribution < -0.4 is 5.19 Å².